The summed E-state index contributed by atoms with van der Waals surface area (Å²) in [6, 6.07) is 0.0266. The number of amides is 2. The molecule has 2 atom stereocenters. The van der Waals surface area contributed by atoms with Gasteiger partial charge in [0.05, 0.1) is 5.92 Å². The molecule has 1 fully saturated rings. The third-order valence-corrected chi connectivity index (χ3v) is 4.07. The Kier molecular flexibility index (Phi) is 6.83. The third kappa shape index (κ3) is 5.22. The summed E-state index contributed by atoms with van der Waals surface area (Å²) < 4.78 is 57.6. The number of carbonyl (C=O) groups is 2. The highest BCUT2D eigenvalue weighted by molar-refractivity contribution is 5.79. The van der Waals surface area contributed by atoms with Crippen molar-refractivity contribution in [2.45, 2.75) is 18.9 Å². The summed E-state index contributed by atoms with van der Waals surface area (Å²) in [5.41, 5.74) is 0. The summed E-state index contributed by atoms with van der Waals surface area (Å²) in [5.74, 6) is -9.15. The molecule has 1 unspecified atom stereocenters. The van der Waals surface area contributed by atoms with Crippen molar-refractivity contribution in [3.05, 3.63) is 29.3 Å². The molecule has 1 aliphatic heterocycles. The fourth-order valence-electron chi connectivity index (χ4n) is 2.64. The number of benzene rings is 1. The van der Waals surface area contributed by atoms with Crippen LogP contribution in [0.15, 0.2) is 6.07 Å². The second kappa shape index (κ2) is 8.89. The third-order valence-electron chi connectivity index (χ3n) is 4.07. The van der Waals surface area contributed by atoms with E-state index in [0.29, 0.717) is 19.4 Å². The molecule has 2 amide bonds. The second-order valence-corrected chi connectivity index (χ2v) is 6.08. The van der Waals surface area contributed by atoms with Crippen molar-refractivity contribution in [1.29, 1.82) is 0 Å². The van der Waals surface area contributed by atoms with Gasteiger partial charge in [-0.15, -0.1) is 0 Å². The first-order chi connectivity index (χ1) is 12.7. The van der Waals surface area contributed by atoms with Gasteiger partial charge in [0.25, 0.3) is 0 Å². The quantitative estimate of drug-likeness (QED) is 0.502. The lowest BCUT2D eigenvalue weighted by molar-refractivity contribution is -0.126. The van der Waals surface area contributed by atoms with Gasteiger partial charge in [0.2, 0.25) is 17.5 Å². The molecular weight excluding hydrogens is 376 g/mol. The van der Waals surface area contributed by atoms with Crippen molar-refractivity contribution < 1.29 is 42.1 Å². The Morgan fingerprint density at radius 1 is 1.26 bits per heavy atom. The summed E-state index contributed by atoms with van der Waals surface area (Å²) in [5, 5.41) is 21.1. The number of rotatable bonds is 6. The Morgan fingerprint density at radius 3 is 2.48 bits per heavy atom. The molecule has 11 heteroatoms. The molecule has 0 bridgehead atoms. The highest BCUT2D eigenvalue weighted by Gasteiger charge is 2.28. The van der Waals surface area contributed by atoms with Gasteiger partial charge in [-0.2, -0.15) is 8.78 Å². The Labute approximate surface area is 151 Å². The predicted molar refractivity (Wildman–Crippen MR) is 83.1 cm³/mol. The van der Waals surface area contributed by atoms with Crippen LogP contribution >= 0.6 is 0 Å². The minimum absolute atomic E-state index is 0.0206. The lowest BCUT2D eigenvalue weighted by Crippen LogP contribution is -2.46. The minimum Gasteiger partial charge on any atom is -0.485 e. The van der Waals surface area contributed by atoms with Crippen molar-refractivity contribution in [2.75, 3.05) is 26.2 Å². The normalized spacial score (nSPS) is 18.1. The first-order valence-corrected chi connectivity index (χ1v) is 8.10. The summed E-state index contributed by atoms with van der Waals surface area (Å²) in [4.78, 5) is 24.1. The SMILES string of the molecule is O=C(NCC(O)COc1c(F)c(F)cc(F)c1F)[C@H]1CCCN(C(=O)O)C1. The molecule has 0 spiro atoms. The van der Waals surface area contributed by atoms with E-state index in [2.05, 4.69) is 10.1 Å². The topological polar surface area (TPSA) is 99.1 Å². The molecule has 0 aromatic heterocycles. The van der Waals surface area contributed by atoms with Gasteiger partial charge in [-0.3, -0.25) is 4.79 Å². The second-order valence-electron chi connectivity index (χ2n) is 6.08. The minimum atomic E-state index is -1.74. The highest BCUT2D eigenvalue weighted by atomic mass is 19.2. The van der Waals surface area contributed by atoms with E-state index in [1.54, 1.807) is 0 Å². The van der Waals surface area contributed by atoms with Crippen LogP contribution in [0.4, 0.5) is 22.4 Å². The molecule has 150 valence electrons. The molecule has 1 heterocycles. The fraction of sp³-hybridized carbons (Fsp3) is 0.500. The number of carbonyl (C=O) groups excluding carboxylic acids is 1. The largest absolute Gasteiger partial charge is 0.485 e. The zero-order chi connectivity index (χ0) is 20.1. The molecule has 1 aliphatic rings. The summed E-state index contributed by atoms with van der Waals surface area (Å²) in [7, 11) is 0. The Morgan fingerprint density at radius 2 is 1.89 bits per heavy atom. The molecular formula is C16H18F4N2O5. The van der Waals surface area contributed by atoms with Crippen LogP contribution < -0.4 is 10.1 Å². The van der Waals surface area contributed by atoms with E-state index in [1.807, 2.05) is 0 Å². The Hall–Kier alpha value is -2.56. The number of hydrogen-bond acceptors (Lipinski definition) is 4. The van der Waals surface area contributed by atoms with E-state index in [4.69, 9.17) is 5.11 Å². The van der Waals surface area contributed by atoms with E-state index in [1.165, 1.54) is 0 Å². The zero-order valence-electron chi connectivity index (χ0n) is 14.1. The number of piperidine rings is 1. The van der Waals surface area contributed by atoms with E-state index < -0.39 is 59.6 Å². The molecule has 2 rings (SSSR count). The van der Waals surface area contributed by atoms with Crippen molar-refractivity contribution in [3.63, 3.8) is 0 Å². The number of nitrogens with one attached hydrogen (secondary N) is 1. The van der Waals surface area contributed by atoms with Gasteiger partial charge in [-0.05, 0) is 12.8 Å². The number of halogens is 4. The number of hydrogen-bond donors (Lipinski definition) is 3. The van der Waals surface area contributed by atoms with Crippen LogP contribution in [0.25, 0.3) is 0 Å². The number of nitrogens with zero attached hydrogens (tertiary/aromatic N) is 1. The van der Waals surface area contributed by atoms with Crippen LogP contribution in [0.3, 0.4) is 0 Å². The lowest BCUT2D eigenvalue weighted by Gasteiger charge is -2.30. The molecule has 27 heavy (non-hydrogen) atoms. The molecule has 1 aromatic carbocycles. The molecule has 1 aromatic rings. The van der Waals surface area contributed by atoms with Crippen LogP contribution in [0, 0.1) is 29.2 Å². The number of likely N-dealkylation sites (tertiary alicyclic amines) is 1. The Bertz CT molecular complexity index is 692. The van der Waals surface area contributed by atoms with Gasteiger partial charge >= 0.3 is 6.09 Å². The molecule has 7 nitrogen and oxygen atoms in total. The monoisotopic (exact) mass is 394 g/mol. The maximum atomic E-state index is 13.4. The van der Waals surface area contributed by atoms with E-state index >= 15 is 0 Å². The van der Waals surface area contributed by atoms with Crippen LogP contribution in [0.5, 0.6) is 5.75 Å². The van der Waals surface area contributed by atoms with Gasteiger partial charge in [0.1, 0.15) is 12.7 Å². The zero-order valence-corrected chi connectivity index (χ0v) is 14.1. The average Bonchev–Trinajstić information content (AvgIpc) is 2.64. The van der Waals surface area contributed by atoms with Crippen LogP contribution in [-0.2, 0) is 4.79 Å². The molecule has 1 saturated heterocycles. The van der Waals surface area contributed by atoms with Gasteiger partial charge in [-0.1, -0.05) is 0 Å². The summed E-state index contributed by atoms with van der Waals surface area (Å²) >= 11 is 0. The number of carboxylic acid groups (broad SMARTS) is 1. The first-order valence-electron chi connectivity index (χ1n) is 8.10. The maximum Gasteiger partial charge on any atom is 0.407 e. The lowest BCUT2D eigenvalue weighted by atomic mass is 9.97. The predicted octanol–water partition coefficient (Wildman–Crippen LogP) is 1.49. The van der Waals surface area contributed by atoms with Crippen LogP contribution in [0.2, 0.25) is 0 Å². The number of ether oxygens (including phenoxy) is 1. The fourth-order valence-corrected chi connectivity index (χ4v) is 2.64. The maximum absolute atomic E-state index is 13.4. The van der Waals surface area contributed by atoms with Crippen molar-refractivity contribution in [2.24, 2.45) is 5.92 Å². The van der Waals surface area contributed by atoms with Crippen LogP contribution in [0.1, 0.15) is 12.8 Å². The van der Waals surface area contributed by atoms with Gasteiger partial charge in [-0.25, -0.2) is 13.6 Å². The van der Waals surface area contributed by atoms with Gasteiger partial charge < -0.3 is 25.2 Å². The summed E-state index contributed by atoms with van der Waals surface area (Å²) in [6.45, 7) is -0.740. The van der Waals surface area contributed by atoms with E-state index in [-0.39, 0.29) is 19.2 Å². The number of aliphatic hydroxyl groups is 1. The molecule has 3 N–H and O–H groups in total. The molecule has 0 saturated carbocycles. The number of aliphatic hydroxyl groups excluding tert-OH is 1. The Balaban J connectivity index is 1.84. The van der Waals surface area contributed by atoms with E-state index in [0.717, 1.165) is 4.90 Å². The summed E-state index contributed by atoms with van der Waals surface area (Å²) in [6.07, 6.45) is -1.56. The van der Waals surface area contributed by atoms with Gasteiger partial charge in [0.15, 0.2) is 17.4 Å². The van der Waals surface area contributed by atoms with Crippen LogP contribution in [-0.4, -0.2) is 59.5 Å². The van der Waals surface area contributed by atoms with Crippen molar-refractivity contribution >= 4 is 12.0 Å². The van der Waals surface area contributed by atoms with Crippen molar-refractivity contribution in [1.82, 2.24) is 10.2 Å². The van der Waals surface area contributed by atoms with Crippen molar-refractivity contribution in [3.8, 4) is 5.75 Å². The molecule has 0 aliphatic carbocycles. The molecule has 0 radical (unpaired) electrons. The smallest absolute Gasteiger partial charge is 0.407 e. The highest BCUT2D eigenvalue weighted by Crippen LogP contribution is 2.26. The average molecular weight is 394 g/mol. The van der Waals surface area contributed by atoms with Gasteiger partial charge in [0, 0.05) is 25.7 Å². The van der Waals surface area contributed by atoms with E-state index in [9.17, 15) is 32.3 Å². The standard InChI is InChI=1S/C16H18F4N2O5/c17-10-4-11(18)13(20)14(12(10)19)27-7-9(23)5-21-15(24)8-2-1-3-22(6-8)16(25)26/h4,8-9,23H,1-3,5-7H2,(H,21,24)(H,25,26)/t8-,9?/m0/s1. The first kappa shape index (κ1) is 20.7.